The lowest BCUT2D eigenvalue weighted by Gasteiger charge is -2.43. The molecule has 2 heterocycles. The number of carbonyl (C=O) groups is 2. The molecular weight excluding hydrogens is 256 g/mol. The van der Waals surface area contributed by atoms with Crippen LogP contribution < -0.4 is 0 Å². The Kier molecular flexibility index (Phi) is 4.68. The molecule has 20 heavy (non-hydrogen) atoms. The number of rotatable bonds is 3. The summed E-state index contributed by atoms with van der Waals surface area (Å²) in [7, 11) is 0. The van der Waals surface area contributed by atoms with E-state index in [1.165, 1.54) is 6.42 Å². The summed E-state index contributed by atoms with van der Waals surface area (Å²) in [6.07, 6.45) is 5.83. The van der Waals surface area contributed by atoms with Gasteiger partial charge in [-0.1, -0.05) is 0 Å². The molecule has 1 amide bonds. The fraction of sp³-hybridized carbons (Fsp3) is 0.867. The molecular formula is C15H26N2O3. The largest absolute Gasteiger partial charge is 0.480 e. The topological polar surface area (TPSA) is 60.9 Å². The molecule has 2 fully saturated rings. The number of carbonyl (C=O) groups excluding carboxylic acids is 1. The minimum absolute atomic E-state index is 0.0894. The standard InChI is InChI=1S/C15H26N2O3/c1-12-7-3-5-10-17(12)13(18)11-16-9-6-4-8-15(16,2)14(19)20/h12H,3-11H2,1-2H3,(H,19,20). The van der Waals surface area contributed by atoms with Crippen molar-refractivity contribution in [3.05, 3.63) is 0 Å². The van der Waals surface area contributed by atoms with Gasteiger partial charge in [-0.3, -0.25) is 14.5 Å². The maximum Gasteiger partial charge on any atom is 0.323 e. The van der Waals surface area contributed by atoms with Crippen LogP contribution in [0.3, 0.4) is 0 Å². The minimum Gasteiger partial charge on any atom is -0.480 e. The number of hydrogen-bond acceptors (Lipinski definition) is 3. The highest BCUT2D eigenvalue weighted by molar-refractivity contribution is 5.82. The van der Waals surface area contributed by atoms with Gasteiger partial charge in [-0.05, 0) is 58.9 Å². The molecule has 0 aliphatic carbocycles. The molecule has 114 valence electrons. The molecule has 5 nitrogen and oxygen atoms in total. The van der Waals surface area contributed by atoms with E-state index in [4.69, 9.17) is 0 Å². The van der Waals surface area contributed by atoms with Crippen molar-refractivity contribution in [3.63, 3.8) is 0 Å². The molecule has 0 aromatic carbocycles. The lowest BCUT2D eigenvalue weighted by molar-refractivity contribution is -0.155. The number of amides is 1. The highest BCUT2D eigenvalue weighted by Gasteiger charge is 2.42. The van der Waals surface area contributed by atoms with Crippen molar-refractivity contribution in [2.75, 3.05) is 19.6 Å². The number of aliphatic carboxylic acids is 1. The van der Waals surface area contributed by atoms with E-state index in [1.54, 1.807) is 6.92 Å². The third-order valence-electron chi connectivity index (χ3n) is 4.95. The number of likely N-dealkylation sites (tertiary alicyclic amines) is 2. The summed E-state index contributed by atoms with van der Waals surface area (Å²) >= 11 is 0. The molecule has 0 radical (unpaired) electrons. The fourth-order valence-electron chi connectivity index (χ4n) is 3.40. The molecule has 2 unspecified atom stereocenters. The molecule has 0 saturated carbocycles. The van der Waals surface area contributed by atoms with E-state index in [0.29, 0.717) is 13.0 Å². The molecule has 2 aliphatic heterocycles. The first-order chi connectivity index (χ1) is 9.45. The van der Waals surface area contributed by atoms with Gasteiger partial charge in [0.1, 0.15) is 5.54 Å². The summed E-state index contributed by atoms with van der Waals surface area (Å²) in [6, 6.07) is 0.289. The van der Waals surface area contributed by atoms with E-state index in [1.807, 2.05) is 9.80 Å². The summed E-state index contributed by atoms with van der Waals surface area (Å²) in [4.78, 5) is 27.8. The number of piperidine rings is 2. The van der Waals surface area contributed by atoms with Gasteiger partial charge in [0.25, 0.3) is 0 Å². The summed E-state index contributed by atoms with van der Waals surface area (Å²) in [5, 5.41) is 9.48. The van der Waals surface area contributed by atoms with Crippen molar-refractivity contribution >= 4 is 11.9 Å². The number of hydrogen-bond donors (Lipinski definition) is 1. The van der Waals surface area contributed by atoms with Gasteiger partial charge in [0.2, 0.25) is 5.91 Å². The van der Waals surface area contributed by atoms with Crippen molar-refractivity contribution in [3.8, 4) is 0 Å². The lowest BCUT2D eigenvalue weighted by atomic mass is 9.88. The van der Waals surface area contributed by atoms with E-state index in [9.17, 15) is 14.7 Å². The number of carboxylic acids is 1. The summed E-state index contributed by atoms with van der Waals surface area (Å²) in [6.45, 7) is 5.60. The van der Waals surface area contributed by atoms with Crippen LogP contribution in [0.2, 0.25) is 0 Å². The van der Waals surface area contributed by atoms with Gasteiger partial charge in [-0.15, -0.1) is 0 Å². The van der Waals surface area contributed by atoms with Gasteiger partial charge < -0.3 is 10.0 Å². The Morgan fingerprint density at radius 2 is 1.90 bits per heavy atom. The predicted octanol–water partition coefficient (Wildman–Crippen LogP) is 1.72. The molecule has 1 N–H and O–H groups in total. The van der Waals surface area contributed by atoms with Crippen LogP contribution >= 0.6 is 0 Å². The second-order valence-electron chi connectivity index (χ2n) is 6.39. The summed E-state index contributed by atoms with van der Waals surface area (Å²) in [5.41, 5.74) is -0.882. The van der Waals surface area contributed by atoms with Gasteiger partial charge >= 0.3 is 5.97 Å². The van der Waals surface area contributed by atoms with Gasteiger partial charge in [0, 0.05) is 12.6 Å². The van der Waals surface area contributed by atoms with Crippen molar-refractivity contribution in [2.45, 2.75) is 64.0 Å². The van der Waals surface area contributed by atoms with Gasteiger partial charge in [0.15, 0.2) is 0 Å². The molecule has 2 aliphatic rings. The van der Waals surface area contributed by atoms with Crippen LogP contribution in [0.25, 0.3) is 0 Å². The normalized spacial score (nSPS) is 32.1. The van der Waals surface area contributed by atoms with Crippen LogP contribution in [0.5, 0.6) is 0 Å². The zero-order valence-electron chi connectivity index (χ0n) is 12.6. The third kappa shape index (κ3) is 2.97. The van der Waals surface area contributed by atoms with Gasteiger partial charge in [0.05, 0.1) is 6.54 Å². The highest BCUT2D eigenvalue weighted by Crippen LogP contribution is 2.28. The van der Waals surface area contributed by atoms with Crippen LogP contribution in [0.15, 0.2) is 0 Å². The van der Waals surface area contributed by atoms with Gasteiger partial charge in [-0.25, -0.2) is 0 Å². The summed E-state index contributed by atoms with van der Waals surface area (Å²) in [5.74, 6) is -0.719. The van der Waals surface area contributed by atoms with Crippen molar-refractivity contribution < 1.29 is 14.7 Å². The lowest BCUT2D eigenvalue weighted by Crippen LogP contribution is -2.58. The zero-order valence-corrected chi connectivity index (χ0v) is 12.6. The van der Waals surface area contributed by atoms with Crippen molar-refractivity contribution in [1.82, 2.24) is 9.80 Å². The number of nitrogens with zero attached hydrogens (tertiary/aromatic N) is 2. The molecule has 0 spiro atoms. The maximum atomic E-state index is 12.5. The quantitative estimate of drug-likeness (QED) is 0.856. The smallest absolute Gasteiger partial charge is 0.323 e. The molecule has 0 bridgehead atoms. The SMILES string of the molecule is CC1CCCCN1C(=O)CN1CCCCC1(C)C(=O)O. The van der Waals surface area contributed by atoms with E-state index in [0.717, 1.165) is 32.2 Å². The molecule has 5 heteroatoms. The molecule has 2 rings (SSSR count). The van der Waals surface area contributed by atoms with E-state index >= 15 is 0 Å². The zero-order chi connectivity index (χ0) is 14.8. The minimum atomic E-state index is -0.882. The Morgan fingerprint density at radius 1 is 1.20 bits per heavy atom. The summed E-state index contributed by atoms with van der Waals surface area (Å²) < 4.78 is 0. The van der Waals surface area contributed by atoms with Crippen LogP contribution in [-0.4, -0.2) is 58.0 Å². The fourth-order valence-corrected chi connectivity index (χ4v) is 3.40. The second kappa shape index (κ2) is 6.12. The van der Waals surface area contributed by atoms with Crippen LogP contribution in [0.1, 0.15) is 52.4 Å². The Bertz CT molecular complexity index is 385. The predicted molar refractivity (Wildman–Crippen MR) is 76.5 cm³/mol. The Balaban J connectivity index is 2.03. The Morgan fingerprint density at radius 3 is 2.55 bits per heavy atom. The van der Waals surface area contributed by atoms with Crippen molar-refractivity contribution in [2.24, 2.45) is 0 Å². The highest BCUT2D eigenvalue weighted by atomic mass is 16.4. The van der Waals surface area contributed by atoms with Crippen LogP contribution in [-0.2, 0) is 9.59 Å². The van der Waals surface area contributed by atoms with E-state index < -0.39 is 11.5 Å². The van der Waals surface area contributed by atoms with E-state index in [2.05, 4.69) is 6.92 Å². The second-order valence-corrected chi connectivity index (χ2v) is 6.39. The first kappa shape index (κ1) is 15.3. The first-order valence-corrected chi connectivity index (χ1v) is 7.73. The Hall–Kier alpha value is -1.10. The third-order valence-corrected chi connectivity index (χ3v) is 4.95. The maximum absolute atomic E-state index is 12.5. The average molecular weight is 282 g/mol. The van der Waals surface area contributed by atoms with Crippen molar-refractivity contribution in [1.29, 1.82) is 0 Å². The van der Waals surface area contributed by atoms with E-state index in [-0.39, 0.29) is 18.5 Å². The van der Waals surface area contributed by atoms with Crippen LogP contribution in [0.4, 0.5) is 0 Å². The molecule has 2 atom stereocenters. The Labute approximate surface area is 120 Å². The van der Waals surface area contributed by atoms with Crippen LogP contribution in [0, 0.1) is 0 Å². The molecule has 0 aromatic heterocycles. The average Bonchev–Trinajstić information content (AvgIpc) is 2.41. The first-order valence-electron chi connectivity index (χ1n) is 7.73. The molecule has 0 aromatic rings. The monoisotopic (exact) mass is 282 g/mol. The number of carboxylic acid groups (broad SMARTS) is 1. The van der Waals surface area contributed by atoms with Gasteiger partial charge in [-0.2, -0.15) is 0 Å². The molecule has 2 saturated heterocycles.